The maximum Gasteiger partial charge on any atom is 0.293 e. The van der Waals surface area contributed by atoms with Gasteiger partial charge in [-0.1, -0.05) is 0 Å². The van der Waals surface area contributed by atoms with E-state index in [1.807, 2.05) is 4.57 Å². The summed E-state index contributed by atoms with van der Waals surface area (Å²) in [4.78, 5) is 12.9. The first kappa shape index (κ1) is 14.7. The molecule has 1 aromatic heterocycles. The number of hydrogen-bond donors (Lipinski definition) is 2. The first-order valence-corrected chi connectivity index (χ1v) is 9.63. The fourth-order valence-corrected chi connectivity index (χ4v) is 4.72. The minimum Gasteiger partial charge on any atom is -0.307 e. The molecule has 1 heterocycles. The maximum atomic E-state index is 12.9. The highest BCUT2D eigenvalue weighted by Gasteiger charge is 2.58. The van der Waals surface area contributed by atoms with Crippen LogP contribution in [0, 0.1) is 28.1 Å². The minimum atomic E-state index is -0.168. The Hall–Kier alpha value is -1.65. The highest BCUT2D eigenvalue weighted by atomic mass is 16.1. The molecule has 0 amide bonds. The van der Waals surface area contributed by atoms with Crippen LogP contribution in [0.2, 0.25) is 0 Å². The Labute approximate surface area is 141 Å². The van der Waals surface area contributed by atoms with E-state index in [9.17, 15) is 4.79 Å². The van der Waals surface area contributed by atoms with Crippen LogP contribution < -0.4 is 11.0 Å². The molecule has 3 fully saturated rings. The van der Waals surface area contributed by atoms with Crippen molar-refractivity contribution < 1.29 is 0 Å². The highest BCUT2D eigenvalue weighted by molar-refractivity contribution is 5.91. The quantitative estimate of drug-likeness (QED) is 0.647. The third-order valence-electron chi connectivity index (χ3n) is 6.66. The molecule has 5 heteroatoms. The molecule has 24 heavy (non-hydrogen) atoms. The van der Waals surface area contributed by atoms with Crippen molar-refractivity contribution in [2.45, 2.75) is 70.8 Å². The Morgan fingerprint density at radius 1 is 1.08 bits per heavy atom. The van der Waals surface area contributed by atoms with Gasteiger partial charge in [-0.25, -0.2) is 0 Å². The lowest BCUT2D eigenvalue weighted by atomic mass is 9.95. The molecule has 128 valence electrons. The van der Waals surface area contributed by atoms with Crippen LogP contribution in [-0.2, 0) is 19.4 Å². The van der Waals surface area contributed by atoms with Crippen LogP contribution in [0.4, 0.5) is 0 Å². The molecule has 1 aromatic rings. The average Bonchev–Trinajstić information content (AvgIpc) is 3.45. The summed E-state index contributed by atoms with van der Waals surface area (Å²) in [6, 6.07) is 0. The molecule has 3 saturated carbocycles. The van der Waals surface area contributed by atoms with E-state index >= 15 is 0 Å². The van der Waals surface area contributed by atoms with Gasteiger partial charge >= 0.3 is 0 Å². The van der Waals surface area contributed by atoms with Gasteiger partial charge in [0.1, 0.15) is 5.84 Å². The number of aromatic nitrogens is 2. The van der Waals surface area contributed by atoms with Crippen LogP contribution in [0.5, 0.6) is 0 Å². The van der Waals surface area contributed by atoms with Gasteiger partial charge < -0.3 is 4.57 Å². The van der Waals surface area contributed by atoms with Crippen molar-refractivity contribution in [3.05, 3.63) is 27.2 Å². The lowest BCUT2D eigenvalue weighted by Crippen LogP contribution is -2.49. The molecular formula is C19H26N4O. The van der Waals surface area contributed by atoms with Gasteiger partial charge in [0.15, 0.2) is 5.49 Å². The predicted molar refractivity (Wildman–Crippen MR) is 91.4 cm³/mol. The molecule has 0 spiro atoms. The summed E-state index contributed by atoms with van der Waals surface area (Å²) in [5, 5.41) is 17.4. The molecule has 2 N–H and O–H groups in total. The number of hydrogen-bond acceptors (Lipinski definition) is 3. The van der Waals surface area contributed by atoms with Gasteiger partial charge in [0.25, 0.3) is 5.56 Å². The Morgan fingerprint density at radius 2 is 1.75 bits per heavy atom. The van der Waals surface area contributed by atoms with E-state index in [1.165, 1.54) is 25.7 Å². The zero-order valence-corrected chi connectivity index (χ0v) is 14.2. The fourth-order valence-electron chi connectivity index (χ4n) is 4.72. The number of fused-ring (bicyclic) bond motifs is 1. The zero-order chi connectivity index (χ0) is 16.5. The summed E-state index contributed by atoms with van der Waals surface area (Å²) in [6.07, 6.45) is 11.1. The van der Waals surface area contributed by atoms with Crippen molar-refractivity contribution in [3.8, 4) is 0 Å². The summed E-state index contributed by atoms with van der Waals surface area (Å²) in [5.41, 5.74) is 2.09. The third kappa shape index (κ3) is 2.09. The van der Waals surface area contributed by atoms with Crippen LogP contribution in [0.1, 0.15) is 62.8 Å². The summed E-state index contributed by atoms with van der Waals surface area (Å²) in [7, 11) is 0. The summed E-state index contributed by atoms with van der Waals surface area (Å²) < 4.78 is 3.67. The zero-order valence-electron chi connectivity index (χ0n) is 14.2. The highest BCUT2D eigenvalue weighted by Crippen LogP contribution is 2.62. The van der Waals surface area contributed by atoms with Gasteiger partial charge in [0.05, 0.1) is 0 Å². The van der Waals surface area contributed by atoms with Crippen molar-refractivity contribution in [1.29, 1.82) is 10.8 Å². The molecular weight excluding hydrogens is 300 g/mol. The van der Waals surface area contributed by atoms with Gasteiger partial charge in [-0.2, -0.15) is 0 Å². The van der Waals surface area contributed by atoms with E-state index in [-0.39, 0.29) is 16.5 Å². The lowest BCUT2D eigenvalue weighted by Gasteiger charge is -2.28. The van der Waals surface area contributed by atoms with Crippen LogP contribution in [0.3, 0.4) is 0 Å². The Kier molecular flexibility index (Phi) is 3.01. The van der Waals surface area contributed by atoms with E-state index in [2.05, 4.69) is 0 Å². The maximum absolute atomic E-state index is 12.9. The standard InChI is InChI=1S/C19H26N4O/c20-16-17(24)22(11-12-5-6-12)14-3-1-2-4-15(14)23(16)18(21)19(9-10-19)13-7-8-13/h12-13,20-21H,1-11H2. The van der Waals surface area contributed by atoms with E-state index in [0.29, 0.717) is 17.7 Å². The van der Waals surface area contributed by atoms with Crippen molar-refractivity contribution in [2.75, 3.05) is 0 Å². The summed E-state index contributed by atoms with van der Waals surface area (Å²) >= 11 is 0. The normalized spacial score (nSPS) is 24.5. The number of nitrogens with zero attached hydrogens (tertiary/aromatic N) is 2. The van der Waals surface area contributed by atoms with Gasteiger partial charge in [-0.15, -0.1) is 0 Å². The molecule has 0 bridgehead atoms. The monoisotopic (exact) mass is 326 g/mol. The molecule has 4 aliphatic carbocycles. The number of nitrogens with one attached hydrogen (secondary N) is 2. The fraction of sp³-hybridized carbons (Fsp3) is 0.737. The molecule has 0 aromatic carbocycles. The third-order valence-corrected chi connectivity index (χ3v) is 6.66. The predicted octanol–water partition coefficient (Wildman–Crippen LogP) is 2.43. The Balaban J connectivity index is 1.67. The molecule has 0 radical (unpaired) electrons. The van der Waals surface area contributed by atoms with Crippen LogP contribution in [-0.4, -0.2) is 15.0 Å². The average molecular weight is 326 g/mol. The summed E-state index contributed by atoms with van der Waals surface area (Å²) in [5.74, 6) is 1.82. The second-order valence-corrected chi connectivity index (χ2v) is 8.42. The largest absolute Gasteiger partial charge is 0.307 e. The minimum absolute atomic E-state index is 0.0131. The second-order valence-electron chi connectivity index (χ2n) is 8.42. The molecule has 0 unspecified atom stereocenters. The first-order chi connectivity index (χ1) is 11.6. The molecule has 0 saturated heterocycles. The van der Waals surface area contributed by atoms with Crippen molar-refractivity contribution in [1.82, 2.24) is 9.13 Å². The molecule has 0 atom stereocenters. The van der Waals surface area contributed by atoms with Crippen molar-refractivity contribution in [3.63, 3.8) is 0 Å². The van der Waals surface area contributed by atoms with Gasteiger partial charge in [0.2, 0.25) is 0 Å². The van der Waals surface area contributed by atoms with E-state index < -0.39 is 0 Å². The van der Waals surface area contributed by atoms with Gasteiger partial charge in [0, 0.05) is 23.3 Å². The first-order valence-electron chi connectivity index (χ1n) is 9.63. The second kappa shape index (κ2) is 4.93. The van der Waals surface area contributed by atoms with Crippen molar-refractivity contribution in [2.24, 2.45) is 17.3 Å². The topological polar surface area (TPSA) is 74.6 Å². The van der Waals surface area contributed by atoms with Crippen LogP contribution >= 0.6 is 0 Å². The van der Waals surface area contributed by atoms with E-state index in [0.717, 1.165) is 56.5 Å². The molecule has 0 aliphatic heterocycles. The van der Waals surface area contributed by atoms with Gasteiger partial charge in [-0.05, 0) is 76.0 Å². The molecule has 5 nitrogen and oxygen atoms in total. The molecule has 4 aliphatic rings. The van der Waals surface area contributed by atoms with Crippen LogP contribution in [0.15, 0.2) is 4.79 Å². The number of rotatable bonds is 4. The van der Waals surface area contributed by atoms with Crippen LogP contribution in [0.25, 0.3) is 0 Å². The molecule has 5 rings (SSSR count). The van der Waals surface area contributed by atoms with Crippen molar-refractivity contribution >= 4 is 5.84 Å². The Morgan fingerprint density at radius 3 is 2.33 bits per heavy atom. The smallest absolute Gasteiger partial charge is 0.293 e. The Bertz CT molecular complexity index is 834. The lowest BCUT2D eigenvalue weighted by molar-refractivity contribution is 0.501. The SMILES string of the molecule is N=C(n1c2c(n(CC3CC3)c(=O)c1=N)CCCC2)C1(C2CC2)CC1. The van der Waals surface area contributed by atoms with E-state index in [4.69, 9.17) is 10.8 Å². The van der Waals surface area contributed by atoms with E-state index in [1.54, 1.807) is 4.57 Å². The van der Waals surface area contributed by atoms with Gasteiger partial charge in [-0.3, -0.25) is 20.2 Å². The summed E-state index contributed by atoms with van der Waals surface area (Å²) in [6.45, 7) is 0.787.